The van der Waals surface area contributed by atoms with E-state index in [0.29, 0.717) is 17.6 Å². The van der Waals surface area contributed by atoms with Crippen molar-refractivity contribution in [3.63, 3.8) is 0 Å². The highest BCUT2D eigenvalue weighted by Crippen LogP contribution is 2.28. The van der Waals surface area contributed by atoms with Gasteiger partial charge in [-0.3, -0.25) is 9.59 Å². The van der Waals surface area contributed by atoms with Crippen molar-refractivity contribution < 1.29 is 9.59 Å². The van der Waals surface area contributed by atoms with Crippen LogP contribution in [-0.2, 0) is 16.0 Å². The number of nitrogens with zero attached hydrogens (tertiary/aromatic N) is 3. The molecule has 1 aliphatic heterocycles. The molecular formula is C18H22N4O2S. The van der Waals surface area contributed by atoms with Crippen LogP contribution in [-0.4, -0.2) is 28.6 Å². The van der Waals surface area contributed by atoms with Crippen LogP contribution in [0.25, 0.3) is 0 Å². The number of hydrogen-bond donors (Lipinski definition) is 1. The zero-order chi connectivity index (χ0) is 18.0. The lowest BCUT2D eigenvalue weighted by atomic mass is 10.1. The van der Waals surface area contributed by atoms with E-state index < -0.39 is 0 Å². The zero-order valence-corrected chi connectivity index (χ0v) is 15.5. The Morgan fingerprint density at radius 1 is 1.36 bits per heavy atom. The molecular weight excluding hydrogens is 336 g/mol. The van der Waals surface area contributed by atoms with Crippen LogP contribution in [0.4, 0.5) is 10.8 Å². The number of rotatable bonds is 5. The molecule has 0 spiro atoms. The summed E-state index contributed by atoms with van der Waals surface area (Å²) in [7, 11) is 0. The molecule has 2 heterocycles. The third-order valence-electron chi connectivity index (χ3n) is 4.18. The minimum absolute atomic E-state index is 0.0211. The summed E-state index contributed by atoms with van der Waals surface area (Å²) < 4.78 is 0. The molecule has 0 saturated carbocycles. The Labute approximate surface area is 151 Å². The third kappa shape index (κ3) is 4.04. The van der Waals surface area contributed by atoms with Gasteiger partial charge in [0.1, 0.15) is 5.01 Å². The number of anilines is 2. The van der Waals surface area contributed by atoms with Crippen molar-refractivity contribution in [3.05, 3.63) is 34.8 Å². The molecule has 6 nitrogen and oxygen atoms in total. The maximum absolute atomic E-state index is 12.5. The Bertz CT molecular complexity index is 787. The number of amides is 2. The summed E-state index contributed by atoms with van der Waals surface area (Å²) in [5, 5.41) is 12.4. The Balaban J connectivity index is 1.65. The van der Waals surface area contributed by atoms with Crippen molar-refractivity contribution in [3.8, 4) is 0 Å². The average Bonchev–Trinajstić information content (AvgIpc) is 3.14. The molecule has 1 aliphatic rings. The number of para-hydroxylation sites is 1. The van der Waals surface area contributed by atoms with Crippen LogP contribution in [0.2, 0.25) is 0 Å². The van der Waals surface area contributed by atoms with Crippen LogP contribution in [0.3, 0.4) is 0 Å². The molecule has 25 heavy (non-hydrogen) atoms. The van der Waals surface area contributed by atoms with E-state index >= 15 is 0 Å². The van der Waals surface area contributed by atoms with Gasteiger partial charge in [0.2, 0.25) is 16.9 Å². The molecule has 2 amide bonds. The molecule has 1 aromatic carbocycles. The monoisotopic (exact) mass is 358 g/mol. The van der Waals surface area contributed by atoms with E-state index in [1.165, 1.54) is 11.3 Å². The summed E-state index contributed by atoms with van der Waals surface area (Å²) >= 11 is 1.40. The number of carbonyl (C=O) groups is 2. The summed E-state index contributed by atoms with van der Waals surface area (Å²) in [5.41, 5.74) is 1.90. The van der Waals surface area contributed by atoms with Crippen LogP contribution >= 0.6 is 11.3 Å². The number of nitrogens with one attached hydrogen (secondary N) is 1. The minimum atomic E-state index is -0.371. The van der Waals surface area contributed by atoms with E-state index in [2.05, 4.69) is 29.4 Å². The lowest BCUT2D eigenvalue weighted by Gasteiger charge is -2.18. The quantitative estimate of drug-likeness (QED) is 0.891. The summed E-state index contributed by atoms with van der Waals surface area (Å²) in [6, 6.07) is 7.72. The van der Waals surface area contributed by atoms with E-state index in [0.717, 1.165) is 22.7 Å². The maximum atomic E-state index is 12.5. The normalized spacial score (nSPS) is 17.4. The fourth-order valence-electron chi connectivity index (χ4n) is 2.93. The Hall–Kier alpha value is -2.28. The first-order chi connectivity index (χ1) is 11.9. The number of benzene rings is 1. The molecule has 1 unspecified atom stereocenters. The average molecular weight is 358 g/mol. The topological polar surface area (TPSA) is 75.2 Å². The molecule has 7 heteroatoms. The van der Waals surface area contributed by atoms with Gasteiger partial charge in [0.05, 0.1) is 5.92 Å². The Kier molecular flexibility index (Phi) is 5.13. The molecule has 1 N–H and O–H groups in total. The molecule has 1 fully saturated rings. The highest BCUT2D eigenvalue weighted by molar-refractivity contribution is 7.15. The molecule has 1 aromatic heterocycles. The fourth-order valence-corrected chi connectivity index (χ4v) is 3.88. The predicted molar refractivity (Wildman–Crippen MR) is 98.7 cm³/mol. The van der Waals surface area contributed by atoms with Crippen molar-refractivity contribution in [2.45, 2.75) is 33.6 Å². The molecule has 1 atom stereocenters. The Morgan fingerprint density at radius 2 is 2.12 bits per heavy atom. The Morgan fingerprint density at radius 3 is 2.84 bits per heavy atom. The highest BCUT2D eigenvalue weighted by atomic mass is 32.1. The van der Waals surface area contributed by atoms with Crippen LogP contribution < -0.4 is 10.2 Å². The highest BCUT2D eigenvalue weighted by Gasteiger charge is 2.35. The molecule has 0 aliphatic carbocycles. The molecule has 3 rings (SSSR count). The van der Waals surface area contributed by atoms with Crippen molar-refractivity contribution in [2.75, 3.05) is 16.8 Å². The predicted octanol–water partition coefficient (Wildman–Crippen LogP) is 3.04. The fraction of sp³-hybridized carbons (Fsp3) is 0.444. The van der Waals surface area contributed by atoms with Gasteiger partial charge < -0.3 is 10.2 Å². The zero-order valence-electron chi connectivity index (χ0n) is 14.7. The van der Waals surface area contributed by atoms with Crippen molar-refractivity contribution in [1.82, 2.24) is 10.2 Å². The van der Waals surface area contributed by atoms with E-state index in [4.69, 9.17) is 0 Å². The van der Waals surface area contributed by atoms with Gasteiger partial charge in [-0.2, -0.15) is 0 Å². The van der Waals surface area contributed by atoms with E-state index in [9.17, 15) is 9.59 Å². The number of aryl methyl sites for hydroxylation is 1. The third-order valence-corrected chi connectivity index (χ3v) is 5.04. The van der Waals surface area contributed by atoms with E-state index in [1.807, 2.05) is 31.2 Å². The molecule has 1 saturated heterocycles. The number of hydrogen-bond acceptors (Lipinski definition) is 5. The largest absolute Gasteiger partial charge is 0.311 e. The SMILES string of the molecule is Cc1ccccc1N1CC(C(=O)Nc2nnc(CC(C)C)s2)CC1=O. The van der Waals surface area contributed by atoms with E-state index in [1.54, 1.807) is 4.90 Å². The van der Waals surface area contributed by atoms with Crippen LogP contribution in [0.5, 0.6) is 0 Å². The smallest absolute Gasteiger partial charge is 0.231 e. The van der Waals surface area contributed by atoms with Crippen LogP contribution in [0.15, 0.2) is 24.3 Å². The van der Waals surface area contributed by atoms with Crippen molar-refractivity contribution in [2.24, 2.45) is 11.8 Å². The van der Waals surface area contributed by atoms with Crippen LogP contribution in [0.1, 0.15) is 30.8 Å². The standard InChI is InChI=1S/C18H22N4O2S/c1-11(2)8-15-20-21-18(25-15)19-17(24)13-9-16(23)22(10-13)14-7-5-4-6-12(14)3/h4-7,11,13H,8-10H2,1-3H3,(H,19,21,24). The first kappa shape index (κ1) is 17.5. The van der Waals surface area contributed by atoms with Crippen molar-refractivity contribution >= 4 is 34.0 Å². The number of aromatic nitrogens is 2. The summed E-state index contributed by atoms with van der Waals surface area (Å²) in [5.74, 6) is -0.0694. The maximum Gasteiger partial charge on any atom is 0.231 e. The molecule has 2 aromatic rings. The first-order valence-corrected chi connectivity index (χ1v) is 9.25. The molecule has 132 valence electrons. The second kappa shape index (κ2) is 7.31. The summed E-state index contributed by atoms with van der Waals surface area (Å²) in [6.45, 7) is 6.59. The van der Waals surface area contributed by atoms with Crippen LogP contribution in [0, 0.1) is 18.8 Å². The summed E-state index contributed by atoms with van der Waals surface area (Å²) in [6.07, 6.45) is 1.06. The van der Waals surface area contributed by atoms with Gasteiger partial charge in [-0.25, -0.2) is 0 Å². The van der Waals surface area contributed by atoms with Gasteiger partial charge in [0.15, 0.2) is 0 Å². The summed E-state index contributed by atoms with van der Waals surface area (Å²) in [4.78, 5) is 26.5. The van der Waals surface area contributed by atoms with E-state index in [-0.39, 0.29) is 24.2 Å². The van der Waals surface area contributed by atoms with Gasteiger partial charge in [-0.05, 0) is 24.5 Å². The lowest BCUT2D eigenvalue weighted by Crippen LogP contribution is -2.28. The lowest BCUT2D eigenvalue weighted by molar-refractivity contribution is -0.122. The van der Waals surface area contributed by atoms with Gasteiger partial charge in [-0.1, -0.05) is 43.4 Å². The second-order valence-corrected chi connectivity index (χ2v) is 7.84. The van der Waals surface area contributed by atoms with Gasteiger partial charge in [0.25, 0.3) is 0 Å². The molecule has 0 radical (unpaired) electrons. The molecule has 0 bridgehead atoms. The minimum Gasteiger partial charge on any atom is -0.311 e. The van der Waals surface area contributed by atoms with Crippen molar-refractivity contribution in [1.29, 1.82) is 0 Å². The van der Waals surface area contributed by atoms with Gasteiger partial charge in [0, 0.05) is 25.1 Å². The second-order valence-electron chi connectivity index (χ2n) is 6.78. The van der Waals surface area contributed by atoms with Gasteiger partial charge in [-0.15, -0.1) is 10.2 Å². The van der Waals surface area contributed by atoms with Gasteiger partial charge >= 0.3 is 0 Å². The number of carbonyl (C=O) groups excluding carboxylic acids is 2. The first-order valence-electron chi connectivity index (χ1n) is 8.43.